The quantitative estimate of drug-likeness (QED) is 0.729. The van der Waals surface area contributed by atoms with Gasteiger partial charge in [0.15, 0.2) is 0 Å². The van der Waals surface area contributed by atoms with E-state index in [1.54, 1.807) is 4.68 Å². The first-order valence-corrected chi connectivity index (χ1v) is 6.67. The van der Waals surface area contributed by atoms with Gasteiger partial charge in [0.05, 0.1) is 18.8 Å². The number of aliphatic hydroxyl groups excluding tert-OH is 1. The second kappa shape index (κ2) is 6.82. The highest BCUT2D eigenvalue weighted by atomic mass is 16.3. The molecule has 6 nitrogen and oxygen atoms in total. The lowest BCUT2D eigenvalue weighted by Gasteiger charge is -2.29. The van der Waals surface area contributed by atoms with Gasteiger partial charge in [-0.25, -0.2) is 4.68 Å². The molecule has 0 aromatic carbocycles. The topological polar surface area (TPSA) is 66.2 Å². The molecule has 1 fully saturated rings. The third-order valence-electron chi connectivity index (χ3n) is 3.38. The maximum absolute atomic E-state index is 8.79. The van der Waals surface area contributed by atoms with Crippen LogP contribution in [0.1, 0.15) is 18.5 Å². The van der Waals surface area contributed by atoms with Gasteiger partial charge in [0, 0.05) is 19.3 Å². The highest BCUT2D eigenvalue weighted by Gasteiger charge is 2.16. The Morgan fingerprint density at radius 1 is 1.56 bits per heavy atom. The Morgan fingerprint density at radius 2 is 2.44 bits per heavy atom. The number of aliphatic hydroxyl groups is 1. The Balaban J connectivity index is 1.67. The molecule has 1 atom stereocenters. The summed E-state index contributed by atoms with van der Waals surface area (Å²) in [6, 6.07) is 0. The van der Waals surface area contributed by atoms with Gasteiger partial charge in [-0.2, -0.15) is 0 Å². The summed E-state index contributed by atoms with van der Waals surface area (Å²) in [6.07, 6.45) is 4.50. The van der Waals surface area contributed by atoms with E-state index in [4.69, 9.17) is 5.11 Å². The SMILES string of the molecule is CN1CCCC(CNCc2cn(CCO)nn2)C1. The fourth-order valence-electron chi connectivity index (χ4n) is 2.48. The van der Waals surface area contributed by atoms with Crippen LogP contribution in [0.4, 0.5) is 0 Å². The van der Waals surface area contributed by atoms with Crippen LogP contribution >= 0.6 is 0 Å². The molecule has 2 rings (SSSR count). The van der Waals surface area contributed by atoms with Crippen molar-refractivity contribution in [3.8, 4) is 0 Å². The summed E-state index contributed by atoms with van der Waals surface area (Å²) in [5.74, 6) is 0.747. The highest BCUT2D eigenvalue weighted by Crippen LogP contribution is 2.13. The van der Waals surface area contributed by atoms with Gasteiger partial charge in [-0.05, 0) is 38.9 Å². The lowest BCUT2D eigenvalue weighted by atomic mass is 9.98. The van der Waals surface area contributed by atoms with E-state index in [2.05, 4.69) is 27.6 Å². The lowest BCUT2D eigenvalue weighted by Crippen LogP contribution is -2.37. The molecule has 1 saturated heterocycles. The van der Waals surface area contributed by atoms with Crippen molar-refractivity contribution < 1.29 is 5.11 Å². The van der Waals surface area contributed by atoms with E-state index in [1.165, 1.54) is 25.9 Å². The smallest absolute Gasteiger partial charge is 0.0964 e. The summed E-state index contributed by atoms with van der Waals surface area (Å²) in [5, 5.41) is 20.2. The molecular formula is C12H23N5O. The third-order valence-corrected chi connectivity index (χ3v) is 3.38. The van der Waals surface area contributed by atoms with E-state index >= 15 is 0 Å². The van der Waals surface area contributed by atoms with Crippen molar-refractivity contribution >= 4 is 0 Å². The van der Waals surface area contributed by atoms with Crippen LogP contribution in [-0.4, -0.2) is 58.3 Å². The molecule has 0 bridgehead atoms. The zero-order valence-corrected chi connectivity index (χ0v) is 11.0. The van der Waals surface area contributed by atoms with Gasteiger partial charge in [0.25, 0.3) is 0 Å². The average molecular weight is 253 g/mol. The fourth-order valence-corrected chi connectivity index (χ4v) is 2.48. The Kier molecular flexibility index (Phi) is 5.10. The molecule has 1 aromatic rings. The van der Waals surface area contributed by atoms with Crippen LogP contribution in [0.3, 0.4) is 0 Å². The zero-order valence-electron chi connectivity index (χ0n) is 11.0. The second-order valence-electron chi connectivity index (χ2n) is 5.10. The van der Waals surface area contributed by atoms with Crippen LogP contribution in [-0.2, 0) is 13.1 Å². The molecule has 0 aliphatic carbocycles. The van der Waals surface area contributed by atoms with Gasteiger partial charge in [-0.1, -0.05) is 5.21 Å². The van der Waals surface area contributed by atoms with Crippen molar-refractivity contribution in [1.29, 1.82) is 0 Å². The second-order valence-corrected chi connectivity index (χ2v) is 5.10. The summed E-state index contributed by atoms with van der Waals surface area (Å²) in [6.45, 7) is 4.82. The molecular weight excluding hydrogens is 230 g/mol. The minimum Gasteiger partial charge on any atom is -0.394 e. The maximum atomic E-state index is 8.79. The number of likely N-dealkylation sites (tertiary alicyclic amines) is 1. The van der Waals surface area contributed by atoms with Crippen LogP contribution in [0.5, 0.6) is 0 Å². The first-order chi connectivity index (χ1) is 8.78. The van der Waals surface area contributed by atoms with E-state index < -0.39 is 0 Å². The zero-order chi connectivity index (χ0) is 12.8. The predicted octanol–water partition coefficient (Wildman–Crippen LogP) is -0.298. The van der Waals surface area contributed by atoms with Gasteiger partial charge in [0.2, 0.25) is 0 Å². The maximum Gasteiger partial charge on any atom is 0.0964 e. The summed E-state index contributed by atoms with van der Waals surface area (Å²) < 4.78 is 1.67. The van der Waals surface area contributed by atoms with E-state index in [0.717, 1.165) is 24.7 Å². The number of hydrogen-bond acceptors (Lipinski definition) is 5. The summed E-state index contributed by atoms with van der Waals surface area (Å²) in [4.78, 5) is 2.40. The molecule has 0 radical (unpaired) electrons. The van der Waals surface area contributed by atoms with E-state index in [-0.39, 0.29) is 6.61 Å². The third kappa shape index (κ3) is 4.04. The molecule has 0 spiro atoms. The number of piperidine rings is 1. The molecule has 18 heavy (non-hydrogen) atoms. The van der Waals surface area contributed by atoms with Gasteiger partial charge in [0.1, 0.15) is 0 Å². The molecule has 0 amide bonds. The number of aromatic nitrogens is 3. The van der Waals surface area contributed by atoms with Crippen LogP contribution in [0.2, 0.25) is 0 Å². The number of nitrogens with one attached hydrogen (secondary N) is 1. The van der Waals surface area contributed by atoms with Crippen LogP contribution in [0, 0.1) is 5.92 Å². The monoisotopic (exact) mass is 253 g/mol. The molecule has 2 heterocycles. The number of nitrogens with zero attached hydrogens (tertiary/aromatic N) is 4. The Hall–Kier alpha value is -0.980. The van der Waals surface area contributed by atoms with Gasteiger partial charge >= 0.3 is 0 Å². The summed E-state index contributed by atoms with van der Waals surface area (Å²) >= 11 is 0. The van der Waals surface area contributed by atoms with Crippen LogP contribution < -0.4 is 5.32 Å². The Morgan fingerprint density at radius 3 is 3.22 bits per heavy atom. The molecule has 1 aliphatic rings. The molecule has 6 heteroatoms. The molecule has 1 aliphatic heterocycles. The normalized spacial score (nSPS) is 21.3. The average Bonchev–Trinajstić information content (AvgIpc) is 2.78. The van der Waals surface area contributed by atoms with Gasteiger partial charge in [-0.15, -0.1) is 5.10 Å². The minimum absolute atomic E-state index is 0.102. The molecule has 102 valence electrons. The Labute approximate surface area is 108 Å². The molecule has 0 saturated carbocycles. The van der Waals surface area contributed by atoms with Crippen molar-refractivity contribution in [2.45, 2.75) is 25.9 Å². The first-order valence-electron chi connectivity index (χ1n) is 6.67. The summed E-state index contributed by atoms with van der Waals surface area (Å²) in [5.41, 5.74) is 0.938. The minimum atomic E-state index is 0.102. The Bertz CT molecular complexity index is 354. The van der Waals surface area contributed by atoms with Crippen molar-refractivity contribution in [2.24, 2.45) is 5.92 Å². The van der Waals surface area contributed by atoms with Crippen molar-refractivity contribution in [3.05, 3.63) is 11.9 Å². The standard InChI is InChI=1S/C12H23N5O/c1-16-4-2-3-11(9-16)7-13-8-12-10-17(5-6-18)15-14-12/h10-11,13,18H,2-9H2,1H3. The highest BCUT2D eigenvalue weighted by molar-refractivity contribution is 4.91. The predicted molar refractivity (Wildman–Crippen MR) is 69.0 cm³/mol. The van der Waals surface area contributed by atoms with E-state index in [9.17, 15) is 0 Å². The van der Waals surface area contributed by atoms with Gasteiger partial charge < -0.3 is 15.3 Å². The van der Waals surface area contributed by atoms with Crippen molar-refractivity contribution in [3.63, 3.8) is 0 Å². The summed E-state index contributed by atoms with van der Waals surface area (Å²) in [7, 11) is 2.19. The van der Waals surface area contributed by atoms with E-state index in [1.807, 2.05) is 6.20 Å². The number of rotatable bonds is 6. The lowest BCUT2D eigenvalue weighted by molar-refractivity contribution is 0.206. The van der Waals surface area contributed by atoms with Crippen molar-refractivity contribution in [2.75, 3.05) is 33.3 Å². The van der Waals surface area contributed by atoms with E-state index in [0.29, 0.717) is 6.54 Å². The van der Waals surface area contributed by atoms with Gasteiger partial charge in [-0.3, -0.25) is 0 Å². The largest absolute Gasteiger partial charge is 0.394 e. The van der Waals surface area contributed by atoms with Crippen molar-refractivity contribution in [1.82, 2.24) is 25.2 Å². The molecule has 1 unspecified atom stereocenters. The van der Waals surface area contributed by atoms with Crippen LogP contribution in [0.15, 0.2) is 6.20 Å². The first kappa shape index (κ1) is 13.5. The van der Waals surface area contributed by atoms with Crippen LogP contribution in [0.25, 0.3) is 0 Å². The molecule has 1 aromatic heterocycles. The molecule has 2 N–H and O–H groups in total. The number of hydrogen-bond donors (Lipinski definition) is 2. The fraction of sp³-hybridized carbons (Fsp3) is 0.833.